The number of benzene rings is 1. The molecular weight excluding hydrogens is 367 g/mol. The highest BCUT2D eigenvalue weighted by atomic mass is 19.4. The van der Waals surface area contributed by atoms with Crippen LogP contribution >= 0.6 is 0 Å². The van der Waals surface area contributed by atoms with Gasteiger partial charge in [0.15, 0.2) is 0 Å². The number of hydrogen-bond donors (Lipinski definition) is 2. The smallest absolute Gasteiger partial charge is 0.354 e. The van der Waals surface area contributed by atoms with Gasteiger partial charge in [0, 0.05) is 24.2 Å². The number of anilines is 3. The van der Waals surface area contributed by atoms with Gasteiger partial charge in [-0.15, -0.1) is 0 Å². The molecule has 0 aliphatic heterocycles. The minimum atomic E-state index is -4.38. The summed E-state index contributed by atoms with van der Waals surface area (Å²) in [5.41, 5.74) is 0.837. The molecule has 1 aromatic carbocycles. The van der Waals surface area contributed by atoms with Gasteiger partial charge in [-0.2, -0.15) is 18.2 Å². The normalized spacial score (nSPS) is 14.4. The maximum absolute atomic E-state index is 13.2. The van der Waals surface area contributed by atoms with Gasteiger partial charge < -0.3 is 15.5 Å². The van der Waals surface area contributed by atoms with Gasteiger partial charge in [-0.1, -0.05) is 6.07 Å². The Morgan fingerprint density at radius 3 is 2.57 bits per heavy atom. The van der Waals surface area contributed by atoms with Gasteiger partial charge in [0.2, 0.25) is 5.95 Å². The molecule has 0 bridgehead atoms. The Hall–Kier alpha value is -2.35. The van der Waals surface area contributed by atoms with E-state index in [0.29, 0.717) is 23.4 Å². The molecule has 0 unspecified atom stereocenters. The van der Waals surface area contributed by atoms with E-state index >= 15 is 0 Å². The van der Waals surface area contributed by atoms with E-state index in [0.717, 1.165) is 44.1 Å². The zero-order valence-corrected chi connectivity index (χ0v) is 16.4. The first-order valence-corrected chi connectivity index (χ1v) is 9.45. The van der Waals surface area contributed by atoms with E-state index in [9.17, 15) is 13.2 Å². The molecule has 152 valence electrons. The lowest BCUT2D eigenvalue weighted by Crippen LogP contribution is -2.17. The summed E-state index contributed by atoms with van der Waals surface area (Å²) in [6.07, 6.45) is -1.27. The number of hydrogen-bond acceptors (Lipinski definition) is 5. The standard InChI is InChI=1S/C20H26F3N5/c1-13-15(20(21,22)23)6-4-7-16(13)25-18-12-17(14-8-9-14)26-19(27-18)24-10-5-11-28(2)3/h4,6-7,12,14H,5,8-11H2,1-3H3,(H2,24,25,26,27). The maximum atomic E-state index is 13.2. The molecule has 0 atom stereocenters. The Balaban J connectivity index is 1.80. The van der Waals surface area contributed by atoms with Crippen molar-refractivity contribution >= 4 is 17.5 Å². The highest BCUT2D eigenvalue weighted by Crippen LogP contribution is 2.40. The first kappa shape index (κ1) is 20.4. The Morgan fingerprint density at radius 1 is 1.18 bits per heavy atom. The van der Waals surface area contributed by atoms with Crippen molar-refractivity contribution in [3.8, 4) is 0 Å². The van der Waals surface area contributed by atoms with Gasteiger partial charge in [-0.25, -0.2) is 4.98 Å². The fourth-order valence-corrected chi connectivity index (χ4v) is 3.01. The topological polar surface area (TPSA) is 53.1 Å². The molecule has 0 amide bonds. The molecular formula is C20H26F3N5. The zero-order chi connectivity index (χ0) is 20.3. The van der Waals surface area contributed by atoms with Gasteiger partial charge in [-0.05, 0) is 64.5 Å². The summed E-state index contributed by atoms with van der Waals surface area (Å²) in [6.45, 7) is 3.15. The molecule has 0 radical (unpaired) electrons. The van der Waals surface area contributed by atoms with Crippen LogP contribution in [0, 0.1) is 6.92 Å². The molecule has 0 spiro atoms. The predicted molar refractivity (Wildman–Crippen MR) is 105 cm³/mol. The van der Waals surface area contributed by atoms with Crippen molar-refractivity contribution in [2.75, 3.05) is 37.8 Å². The van der Waals surface area contributed by atoms with E-state index in [-0.39, 0.29) is 5.56 Å². The molecule has 1 aromatic heterocycles. The minimum absolute atomic E-state index is 0.155. The lowest BCUT2D eigenvalue weighted by Gasteiger charge is -2.16. The summed E-state index contributed by atoms with van der Waals surface area (Å²) in [4.78, 5) is 11.1. The summed E-state index contributed by atoms with van der Waals surface area (Å²) in [5.74, 6) is 1.43. The van der Waals surface area contributed by atoms with Crippen LogP contribution in [0.25, 0.3) is 0 Å². The molecule has 0 saturated heterocycles. The Morgan fingerprint density at radius 2 is 1.93 bits per heavy atom. The van der Waals surface area contributed by atoms with Gasteiger partial charge >= 0.3 is 6.18 Å². The summed E-state index contributed by atoms with van der Waals surface area (Å²) in [5, 5.41) is 6.29. The molecule has 2 N–H and O–H groups in total. The van der Waals surface area contributed by atoms with Crippen LogP contribution in [-0.2, 0) is 6.18 Å². The second kappa shape index (κ2) is 8.34. The van der Waals surface area contributed by atoms with E-state index in [1.807, 2.05) is 20.2 Å². The van der Waals surface area contributed by atoms with E-state index in [1.54, 1.807) is 6.07 Å². The molecule has 1 aliphatic rings. The molecule has 28 heavy (non-hydrogen) atoms. The van der Waals surface area contributed by atoms with Gasteiger partial charge in [0.05, 0.1) is 11.3 Å². The van der Waals surface area contributed by atoms with Crippen LogP contribution in [0.2, 0.25) is 0 Å². The van der Waals surface area contributed by atoms with Crippen molar-refractivity contribution in [2.45, 2.75) is 38.3 Å². The van der Waals surface area contributed by atoms with Crippen LogP contribution in [0.3, 0.4) is 0 Å². The number of halogens is 3. The summed E-state index contributed by atoms with van der Waals surface area (Å²) < 4.78 is 39.5. The van der Waals surface area contributed by atoms with E-state index in [1.165, 1.54) is 13.0 Å². The van der Waals surface area contributed by atoms with Crippen LogP contribution in [0.15, 0.2) is 24.3 Å². The van der Waals surface area contributed by atoms with Crippen molar-refractivity contribution in [3.05, 3.63) is 41.1 Å². The largest absolute Gasteiger partial charge is 0.416 e. The lowest BCUT2D eigenvalue weighted by atomic mass is 10.1. The Kier molecular flexibility index (Phi) is 6.07. The van der Waals surface area contributed by atoms with Crippen LogP contribution in [0.5, 0.6) is 0 Å². The number of nitrogens with zero attached hydrogens (tertiary/aromatic N) is 3. The van der Waals surface area contributed by atoms with Crippen molar-refractivity contribution in [3.63, 3.8) is 0 Å². The molecule has 1 aliphatic carbocycles. The summed E-state index contributed by atoms with van der Waals surface area (Å²) in [7, 11) is 4.03. The quantitative estimate of drug-likeness (QED) is 0.632. The molecule has 3 rings (SSSR count). The third-order valence-electron chi connectivity index (χ3n) is 4.71. The molecule has 5 nitrogen and oxygen atoms in total. The first-order valence-electron chi connectivity index (χ1n) is 9.45. The van der Waals surface area contributed by atoms with Crippen molar-refractivity contribution in [1.29, 1.82) is 0 Å². The highest BCUT2D eigenvalue weighted by Gasteiger charge is 2.33. The summed E-state index contributed by atoms with van der Waals surface area (Å²) in [6, 6.07) is 5.96. The molecule has 1 saturated carbocycles. The lowest BCUT2D eigenvalue weighted by molar-refractivity contribution is -0.138. The van der Waals surface area contributed by atoms with Crippen molar-refractivity contribution < 1.29 is 13.2 Å². The van der Waals surface area contributed by atoms with E-state index < -0.39 is 11.7 Å². The molecule has 8 heteroatoms. The van der Waals surface area contributed by atoms with Crippen LogP contribution in [0.4, 0.5) is 30.6 Å². The average Bonchev–Trinajstić information content (AvgIpc) is 3.44. The van der Waals surface area contributed by atoms with Crippen molar-refractivity contribution in [2.24, 2.45) is 0 Å². The fraction of sp³-hybridized carbons (Fsp3) is 0.500. The Bertz CT molecular complexity index is 816. The second-order valence-corrected chi connectivity index (χ2v) is 7.46. The van der Waals surface area contributed by atoms with Crippen LogP contribution < -0.4 is 10.6 Å². The zero-order valence-electron chi connectivity index (χ0n) is 16.4. The third-order valence-corrected chi connectivity index (χ3v) is 4.71. The maximum Gasteiger partial charge on any atom is 0.416 e. The first-order chi connectivity index (χ1) is 13.2. The van der Waals surface area contributed by atoms with Crippen LogP contribution in [0.1, 0.15) is 42.0 Å². The Labute approximate surface area is 163 Å². The molecule has 2 aromatic rings. The summed E-state index contributed by atoms with van der Waals surface area (Å²) >= 11 is 0. The average molecular weight is 393 g/mol. The number of aromatic nitrogens is 2. The second-order valence-electron chi connectivity index (χ2n) is 7.46. The van der Waals surface area contributed by atoms with Crippen molar-refractivity contribution in [1.82, 2.24) is 14.9 Å². The number of nitrogens with one attached hydrogen (secondary N) is 2. The van der Waals surface area contributed by atoms with Crippen LogP contribution in [-0.4, -0.2) is 42.1 Å². The van der Waals surface area contributed by atoms with Gasteiger partial charge in [-0.3, -0.25) is 0 Å². The van der Waals surface area contributed by atoms with Gasteiger partial charge in [0.25, 0.3) is 0 Å². The third kappa shape index (κ3) is 5.34. The van der Waals surface area contributed by atoms with Gasteiger partial charge in [0.1, 0.15) is 5.82 Å². The van der Waals surface area contributed by atoms with E-state index in [4.69, 9.17) is 0 Å². The van der Waals surface area contributed by atoms with E-state index in [2.05, 4.69) is 25.5 Å². The number of alkyl halides is 3. The SMILES string of the molecule is Cc1c(Nc2cc(C3CC3)nc(NCCCN(C)C)n2)cccc1C(F)(F)F. The fourth-order valence-electron chi connectivity index (χ4n) is 3.01. The molecule has 1 heterocycles. The minimum Gasteiger partial charge on any atom is -0.354 e. The predicted octanol–water partition coefficient (Wildman–Crippen LogP) is 4.79. The molecule has 1 fully saturated rings. The number of rotatable bonds is 8. The monoisotopic (exact) mass is 393 g/mol. The highest BCUT2D eigenvalue weighted by molar-refractivity contribution is 5.63.